The molecule has 0 amide bonds. The Hall–Kier alpha value is -2.15. The number of ether oxygens (including phenoxy) is 1. The Morgan fingerprint density at radius 1 is 1.44 bits per heavy atom. The molecule has 0 saturated carbocycles. The summed E-state index contributed by atoms with van der Waals surface area (Å²) < 4.78 is 4.90. The molecule has 4 heteroatoms. The van der Waals surface area contributed by atoms with E-state index in [1.807, 2.05) is 0 Å². The maximum atomic E-state index is 11.6. The predicted octanol–water partition coefficient (Wildman–Crippen LogP) is 2.06. The summed E-state index contributed by atoms with van der Waals surface area (Å²) in [5, 5.41) is 8.77. The summed E-state index contributed by atoms with van der Waals surface area (Å²) in [6.07, 6.45) is 2.07. The quantitative estimate of drug-likeness (QED) is 0.568. The van der Waals surface area contributed by atoms with Crippen LogP contribution in [0.1, 0.15) is 34.8 Å². The number of carbonyl (C=O) groups excluding carboxylic acids is 2. The fourth-order valence-corrected chi connectivity index (χ4v) is 1.68. The van der Waals surface area contributed by atoms with Crippen LogP contribution in [-0.4, -0.2) is 18.9 Å². The van der Waals surface area contributed by atoms with Gasteiger partial charge in [-0.3, -0.25) is 0 Å². The Morgan fingerprint density at radius 3 is 2.83 bits per heavy atom. The van der Waals surface area contributed by atoms with E-state index in [1.54, 1.807) is 25.1 Å². The predicted molar refractivity (Wildman–Crippen MR) is 66.1 cm³/mol. The van der Waals surface area contributed by atoms with Crippen LogP contribution in [0.25, 0.3) is 0 Å². The lowest BCUT2D eigenvalue weighted by atomic mass is 9.98. The van der Waals surface area contributed by atoms with E-state index in [-0.39, 0.29) is 6.42 Å². The molecule has 0 N–H and O–H groups in total. The molecule has 1 aromatic rings. The minimum Gasteiger partial charge on any atom is -0.462 e. The van der Waals surface area contributed by atoms with Crippen LogP contribution < -0.4 is 0 Å². The summed E-state index contributed by atoms with van der Waals surface area (Å²) in [6.45, 7) is 2.06. The smallest absolute Gasteiger partial charge is 0.338 e. The Morgan fingerprint density at radius 2 is 2.22 bits per heavy atom. The second kappa shape index (κ2) is 7.23. The van der Waals surface area contributed by atoms with Crippen molar-refractivity contribution >= 4 is 12.3 Å². The van der Waals surface area contributed by atoms with Crippen molar-refractivity contribution in [3.05, 3.63) is 34.9 Å². The molecular formula is C14H15NO3. The first-order valence-electron chi connectivity index (χ1n) is 5.82. The highest BCUT2D eigenvalue weighted by Crippen LogP contribution is 2.15. The largest absolute Gasteiger partial charge is 0.462 e. The summed E-state index contributed by atoms with van der Waals surface area (Å²) in [4.78, 5) is 21.9. The highest BCUT2D eigenvalue weighted by Gasteiger charge is 2.10. The molecule has 0 aliphatic carbocycles. The summed E-state index contributed by atoms with van der Waals surface area (Å²) in [5.74, 6) is -0.390. The first-order valence-corrected chi connectivity index (χ1v) is 5.82. The molecule has 94 valence electrons. The number of hydrogen-bond donors (Lipinski definition) is 0. The lowest BCUT2D eigenvalue weighted by Crippen LogP contribution is -2.06. The van der Waals surface area contributed by atoms with Gasteiger partial charge in [-0.1, -0.05) is 6.07 Å². The van der Waals surface area contributed by atoms with Crippen LogP contribution in [0.3, 0.4) is 0 Å². The van der Waals surface area contributed by atoms with Crippen molar-refractivity contribution < 1.29 is 14.3 Å². The van der Waals surface area contributed by atoms with Crippen LogP contribution in [0.2, 0.25) is 0 Å². The SMILES string of the molecule is CCOC(=O)c1ccc(CCC=O)c(CC#N)c1. The minimum absolute atomic E-state index is 0.224. The molecule has 0 aliphatic rings. The lowest BCUT2D eigenvalue weighted by molar-refractivity contribution is -0.107. The summed E-state index contributed by atoms with van der Waals surface area (Å²) in [5.41, 5.74) is 2.15. The Kier molecular flexibility index (Phi) is 5.59. The summed E-state index contributed by atoms with van der Waals surface area (Å²) in [7, 11) is 0. The van der Waals surface area contributed by atoms with Gasteiger partial charge in [0.25, 0.3) is 0 Å². The number of nitrogens with zero attached hydrogens (tertiary/aromatic N) is 1. The maximum Gasteiger partial charge on any atom is 0.338 e. The highest BCUT2D eigenvalue weighted by molar-refractivity contribution is 5.89. The van der Waals surface area contributed by atoms with Crippen LogP contribution in [0.5, 0.6) is 0 Å². The Labute approximate surface area is 106 Å². The number of rotatable bonds is 6. The second-order valence-electron chi connectivity index (χ2n) is 3.74. The van der Waals surface area contributed by atoms with Crippen molar-refractivity contribution in [2.45, 2.75) is 26.2 Å². The van der Waals surface area contributed by atoms with Gasteiger partial charge in [0.05, 0.1) is 24.7 Å². The maximum absolute atomic E-state index is 11.6. The van der Waals surface area contributed by atoms with Crippen molar-refractivity contribution in [1.29, 1.82) is 5.26 Å². The van der Waals surface area contributed by atoms with E-state index in [0.29, 0.717) is 25.0 Å². The van der Waals surface area contributed by atoms with Gasteiger partial charge in [0, 0.05) is 6.42 Å². The molecule has 0 fully saturated rings. The van der Waals surface area contributed by atoms with Crippen molar-refractivity contribution in [2.75, 3.05) is 6.61 Å². The van der Waals surface area contributed by atoms with Gasteiger partial charge in [0.15, 0.2) is 0 Å². The molecule has 0 atom stereocenters. The Balaban J connectivity index is 2.98. The average Bonchev–Trinajstić information content (AvgIpc) is 2.38. The molecule has 18 heavy (non-hydrogen) atoms. The zero-order chi connectivity index (χ0) is 13.4. The van der Waals surface area contributed by atoms with Gasteiger partial charge in [-0.15, -0.1) is 0 Å². The van der Waals surface area contributed by atoms with Gasteiger partial charge in [-0.2, -0.15) is 5.26 Å². The lowest BCUT2D eigenvalue weighted by Gasteiger charge is -2.08. The van der Waals surface area contributed by atoms with Crippen LogP contribution in [0.4, 0.5) is 0 Å². The summed E-state index contributed by atoms with van der Waals surface area (Å²) in [6, 6.07) is 7.17. The van der Waals surface area contributed by atoms with E-state index in [2.05, 4.69) is 6.07 Å². The van der Waals surface area contributed by atoms with Crippen LogP contribution in [-0.2, 0) is 22.4 Å². The van der Waals surface area contributed by atoms with E-state index in [0.717, 1.165) is 17.4 Å². The van der Waals surface area contributed by atoms with Gasteiger partial charge in [0.1, 0.15) is 6.29 Å². The zero-order valence-corrected chi connectivity index (χ0v) is 10.3. The molecule has 1 rings (SSSR count). The van der Waals surface area contributed by atoms with Gasteiger partial charge in [-0.25, -0.2) is 4.79 Å². The fourth-order valence-electron chi connectivity index (χ4n) is 1.68. The minimum atomic E-state index is -0.390. The van der Waals surface area contributed by atoms with Crippen molar-refractivity contribution in [3.63, 3.8) is 0 Å². The van der Waals surface area contributed by atoms with Gasteiger partial charge < -0.3 is 9.53 Å². The topological polar surface area (TPSA) is 67.2 Å². The van der Waals surface area contributed by atoms with E-state index >= 15 is 0 Å². The second-order valence-corrected chi connectivity index (χ2v) is 3.74. The molecular weight excluding hydrogens is 230 g/mol. The number of hydrogen-bond acceptors (Lipinski definition) is 4. The molecule has 0 heterocycles. The number of aldehydes is 1. The number of esters is 1. The molecule has 0 bridgehead atoms. The van der Waals surface area contributed by atoms with Crippen LogP contribution in [0.15, 0.2) is 18.2 Å². The molecule has 0 radical (unpaired) electrons. The number of benzene rings is 1. The molecule has 0 aliphatic heterocycles. The van der Waals surface area contributed by atoms with E-state index in [1.165, 1.54) is 0 Å². The normalized spacial score (nSPS) is 9.56. The third-order valence-electron chi connectivity index (χ3n) is 2.52. The third kappa shape index (κ3) is 3.70. The van der Waals surface area contributed by atoms with Crippen molar-refractivity contribution in [3.8, 4) is 6.07 Å². The fraction of sp³-hybridized carbons (Fsp3) is 0.357. The monoisotopic (exact) mass is 245 g/mol. The van der Waals surface area contributed by atoms with Gasteiger partial charge in [0.2, 0.25) is 0 Å². The van der Waals surface area contributed by atoms with Gasteiger partial charge >= 0.3 is 5.97 Å². The molecule has 0 spiro atoms. The van der Waals surface area contributed by atoms with Crippen molar-refractivity contribution in [1.82, 2.24) is 0 Å². The van der Waals surface area contributed by atoms with Crippen LogP contribution >= 0.6 is 0 Å². The molecule has 1 aromatic carbocycles. The first-order chi connectivity index (χ1) is 8.72. The Bertz CT molecular complexity index is 474. The third-order valence-corrected chi connectivity index (χ3v) is 2.52. The zero-order valence-electron chi connectivity index (χ0n) is 10.3. The molecule has 0 unspecified atom stereocenters. The summed E-state index contributed by atoms with van der Waals surface area (Å²) >= 11 is 0. The standard InChI is InChI=1S/C14H15NO3/c1-2-18-14(17)13-6-5-11(4-3-9-16)12(10-13)7-8-15/h5-6,9-10H,2-4,7H2,1H3. The molecule has 0 saturated heterocycles. The van der Waals surface area contributed by atoms with Crippen LogP contribution in [0, 0.1) is 11.3 Å². The molecule has 4 nitrogen and oxygen atoms in total. The van der Waals surface area contributed by atoms with Crippen molar-refractivity contribution in [2.24, 2.45) is 0 Å². The highest BCUT2D eigenvalue weighted by atomic mass is 16.5. The van der Waals surface area contributed by atoms with E-state index in [4.69, 9.17) is 10.00 Å². The van der Waals surface area contributed by atoms with E-state index < -0.39 is 5.97 Å². The number of nitriles is 1. The average molecular weight is 245 g/mol. The van der Waals surface area contributed by atoms with Gasteiger partial charge in [-0.05, 0) is 36.6 Å². The number of aryl methyl sites for hydroxylation is 1. The first kappa shape index (κ1) is 13.9. The van der Waals surface area contributed by atoms with E-state index in [9.17, 15) is 9.59 Å². The number of carbonyl (C=O) groups is 2. The molecule has 0 aromatic heterocycles.